The Bertz CT molecular complexity index is 764. The largest absolute Gasteiger partial charge is 0.366 e. The van der Waals surface area contributed by atoms with Crippen molar-refractivity contribution in [3.8, 4) is 0 Å². The summed E-state index contributed by atoms with van der Waals surface area (Å²) >= 11 is 6.29. The number of rotatable bonds is 0. The first kappa shape index (κ1) is 18.0. The molecule has 0 aromatic heterocycles. The van der Waals surface area contributed by atoms with Crippen LogP contribution in [0.25, 0.3) is 0 Å². The van der Waals surface area contributed by atoms with Gasteiger partial charge in [-0.1, -0.05) is 45.4 Å². The highest BCUT2D eigenvalue weighted by molar-refractivity contribution is 6.31. The molecule has 4 heteroatoms. The van der Waals surface area contributed by atoms with Crippen molar-refractivity contribution in [1.82, 2.24) is 0 Å². The molecule has 1 aromatic rings. The zero-order chi connectivity index (χ0) is 18.9. The van der Waals surface area contributed by atoms with Gasteiger partial charge in [-0.3, -0.25) is 9.59 Å². The Labute approximate surface area is 161 Å². The molecular weight excluding hydrogens is 346 g/mol. The number of benzene rings is 1. The zero-order valence-corrected chi connectivity index (χ0v) is 16.9. The molecule has 1 aliphatic carbocycles. The average molecular weight is 374 g/mol. The van der Waals surface area contributed by atoms with Gasteiger partial charge in [-0.05, 0) is 47.8 Å². The predicted molar refractivity (Wildman–Crippen MR) is 105 cm³/mol. The van der Waals surface area contributed by atoms with Crippen molar-refractivity contribution in [1.29, 1.82) is 0 Å². The molecule has 2 aliphatic heterocycles. The van der Waals surface area contributed by atoms with Crippen LogP contribution in [0.2, 0.25) is 5.02 Å². The number of halogens is 1. The van der Waals surface area contributed by atoms with E-state index in [9.17, 15) is 9.59 Å². The van der Waals surface area contributed by atoms with Gasteiger partial charge in [0.15, 0.2) is 0 Å². The summed E-state index contributed by atoms with van der Waals surface area (Å²) in [7, 11) is 0. The monoisotopic (exact) mass is 373 g/mol. The molecule has 3 nitrogen and oxygen atoms in total. The first-order valence-electron chi connectivity index (χ1n) is 9.76. The number of fused-ring (bicyclic) bond motifs is 4. The summed E-state index contributed by atoms with van der Waals surface area (Å²) in [6.07, 6.45) is 2.58. The van der Waals surface area contributed by atoms with Crippen LogP contribution in [0.15, 0.2) is 18.2 Å². The van der Waals surface area contributed by atoms with Gasteiger partial charge in [-0.25, -0.2) is 0 Å². The molecular formula is C22H28ClNO2. The van der Waals surface area contributed by atoms with E-state index in [0.29, 0.717) is 36.1 Å². The number of nitrogens with zero attached hydrogens (tertiary/aromatic N) is 1. The molecule has 3 atom stereocenters. The molecule has 1 spiro atoms. The summed E-state index contributed by atoms with van der Waals surface area (Å²) in [6.45, 7) is 9.43. The van der Waals surface area contributed by atoms with Gasteiger partial charge in [0.25, 0.3) is 0 Å². The van der Waals surface area contributed by atoms with Gasteiger partial charge in [0.1, 0.15) is 17.0 Å². The number of Topliss-reactive ketones (excluding diaryl/α,β-unsaturated/α-hetero) is 2. The molecule has 3 aliphatic rings. The van der Waals surface area contributed by atoms with Gasteiger partial charge in [0.05, 0.1) is 6.04 Å². The SMILES string of the molecule is C[C@@H]1C[C@@H](C)[C@@H]2N(C1)c1cc(Cl)ccc1CC21C(=O)CC(C)(C)CC1=O. The summed E-state index contributed by atoms with van der Waals surface area (Å²) in [5.41, 5.74) is 1.11. The van der Waals surface area contributed by atoms with Gasteiger partial charge < -0.3 is 4.90 Å². The Hall–Kier alpha value is -1.35. The van der Waals surface area contributed by atoms with Crippen LogP contribution in [0.1, 0.15) is 52.5 Å². The van der Waals surface area contributed by atoms with E-state index in [1.165, 1.54) is 0 Å². The molecule has 0 unspecified atom stereocenters. The quantitative estimate of drug-likeness (QED) is 0.619. The summed E-state index contributed by atoms with van der Waals surface area (Å²) in [6, 6.07) is 5.87. The molecule has 4 rings (SSSR count). The number of hydrogen-bond acceptors (Lipinski definition) is 3. The number of carbonyl (C=O) groups excluding carboxylic acids is 2. The molecule has 0 bridgehead atoms. The third-order valence-electron chi connectivity index (χ3n) is 6.76. The van der Waals surface area contributed by atoms with E-state index in [1.54, 1.807) is 0 Å². The Kier molecular flexibility index (Phi) is 4.04. The number of ketones is 2. The van der Waals surface area contributed by atoms with E-state index in [2.05, 4.69) is 18.7 Å². The van der Waals surface area contributed by atoms with E-state index in [0.717, 1.165) is 24.2 Å². The van der Waals surface area contributed by atoms with E-state index >= 15 is 0 Å². The van der Waals surface area contributed by atoms with Crippen LogP contribution in [-0.4, -0.2) is 24.2 Å². The first-order chi connectivity index (χ1) is 12.1. The standard InChI is InChI=1S/C22H28ClNO2/c1-13-7-14(2)20-22(18(25)10-21(3,4)11-19(22)26)9-15-5-6-16(23)8-17(15)24(20)12-13/h5-6,8,13-14,20H,7,9-12H2,1-4H3/t13-,14-,20+/m1/s1. The first-order valence-corrected chi connectivity index (χ1v) is 10.1. The molecule has 2 fully saturated rings. The van der Waals surface area contributed by atoms with Crippen LogP contribution < -0.4 is 4.90 Å². The molecule has 1 saturated carbocycles. The van der Waals surface area contributed by atoms with Crippen molar-refractivity contribution in [3.63, 3.8) is 0 Å². The second-order valence-corrected chi connectivity index (χ2v) is 10.1. The van der Waals surface area contributed by atoms with Crippen LogP contribution >= 0.6 is 11.6 Å². The van der Waals surface area contributed by atoms with Crippen LogP contribution in [0.3, 0.4) is 0 Å². The lowest BCUT2D eigenvalue weighted by Crippen LogP contribution is -2.67. The number of hydrogen-bond donors (Lipinski definition) is 0. The van der Waals surface area contributed by atoms with Crippen molar-refractivity contribution in [2.75, 3.05) is 11.4 Å². The highest BCUT2D eigenvalue weighted by Gasteiger charge is 2.61. The highest BCUT2D eigenvalue weighted by atomic mass is 35.5. The van der Waals surface area contributed by atoms with E-state index in [4.69, 9.17) is 11.6 Å². The third kappa shape index (κ3) is 2.54. The molecule has 2 heterocycles. The lowest BCUT2D eigenvalue weighted by Gasteiger charge is -2.57. The maximum absolute atomic E-state index is 13.5. The van der Waals surface area contributed by atoms with Gasteiger partial charge in [0, 0.05) is 30.1 Å². The molecule has 1 saturated heterocycles. The minimum atomic E-state index is -0.879. The molecule has 26 heavy (non-hydrogen) atoms. The lowest BCUT2D eigenvalue weighted by molar-refractivity contribution is -0.152. The molecule has 0 amide bonds. The molecule has 0 radical (unpaired) electrons. The topological polar surface area (TPSA) is 37.4 Å². The Balaban J connectivity index is 1.90. The van der Waals surface area contributed by atoms with Crippen molar-refractivity contribution in [3.05, 3.63) is 28.8 Å². The van der Waals surface area contributed by atoms with E-state index in [-0.39, 0.29) is 23.0 Å². The minimum Gasteiger partial charge on any atom is -0.366 e. The van der Waals surface area contributed by atoms with Crippen LogP contribution in [0.5, 0.6) is 0 Å². The van der Waals surface area contributed by atoms with Gasteiger partial charge in [0.2, 0.25) is 0 Å². The smallest absolute Gasteiger partial charge is 0.149 e. The maximum Gasteiger partial charge on any atom is 0.149 e. The van der Waals surface area contributed by atoms with Gasteiger partial charge in [-0.2, -0.15) is 0 Å². The van der Waals surface area contributed by atoms with Crippen LogP contribution in [-0.2, 0) is 16.0 Å². The average Bonchev–Trinajstić information content (AvgIpc) is 2.51. The Morgan fingerprint density at radius 3 is 2.38 bits per heavy atom. The molecule has 0 N–H and O–H groups in total. The van der Waals surface area contributed by atoms with Crippen molar-refractivity contribution in [2.24, 2.45) is 22.7 Å². The third-order valence-corrected chi connectivity index (χ3v) is 7.00. The Morgan fingerprint density at radius 2 is 1.73 bits per heavy atom. The van der Waals surface area contributed by atoms with Gasteiger partial charge >= 0.3 is 0 Å². The van der Waals surface area contributed by atoms with E-state index < -0.39 is 5.41 Å². The number of carbonyl (C=O) groups is 2. The molecule has 140 valence electrons. The van der Waals surface area contributed by atoms with Crippen LogP contribution in [0, 0.1) is 22.7 Å². The van der Waals surface area contributed by atoms with Gasteiger partial charge in [-0.15, -0.1) is 0 Å². The van der Waals surface area contributed by atoms with Crippen molar-refractivity contribution in [2.45, 2.75) is 59.4 Å². The second kappa shape index (κ2) is 5.82. The lowest BCUT2D eigenvalue weighted by atomic mass is 9.54. The molecule has 1 aromatic carbocycles. The summed E-state index contributed by atoms with van der Waals surface area (Å²) in [5, 5.41) is 0.715. The summed E-state index contributed by atoms with van der Waals surface area (Å²) in [5.74, 6) is 1.14. The predicted octanol–water partition coefficient (Wildman–Crippen LogP) is 4.69. The van der Waals surface area contributed by atoms with Crippen molar-refractivity contribution >= 4 is 28.9 Å². The van der Waals surface area contributed by atoms with E-state index in [1.807, 2.05) is 32.0 Å². The summed E-state index contributed by atoms with van der Waals surface area (Å²) < 4.78 is 0. The fraction of sp³-hybridized carbons (Fsp3) is 0.636. The fourth-order valence-electron chi connectivity index (χ4n) is 5.88. The zero-order valence-electron chi connectivity index (χ0n) is 16.1. The fourth-order valence-corrected chi connectivity index (χ4v) is 6.05. The summed E-state index contributed by atoms with van der Waals surface area (Å²) in [4.78, 5) is 29.3. The van der Waals surface area contributed by atoms with Crippen LogP contribution in [0.4, 0.5) is 5.69 Å². The number of piperidine rings is 1. The highest BCUT2D eigenvalue weighted by Crippen LogP contribution is 2.54. The maximum atomic E-state index is 13.5. The normalized spacial score (nSPS) is 32.3. The second-order valence-electron chi connectivity index (χ2n) is 9.70. The minimum absolute atomic E-state index is 0.0410. The number of anilines is 1. The van der Waals surface area contributed by atoms with Crippen molar-refractivity contribution < 1.29 is 9.59 Å². The Morgan fingerprint density at radius 1 is 1.08 bits per heavy atom.